The molecule has 0 unspecified atom stereocenters. The van der Waals surface area contributed by atoms with Gasteiger partial charge in [0.05, 0.1) is 0 Å². The van der Waals surface area contributed by atoms with Crippen LogP contribution in [-0.2, 0) is 0 Å². The van der Waals surface area contributed by atoms with Crippen LogP contribution in [0.25, 0.3) is 12.2 Å². The van der Waals surface area contributed by atoms with E-state index in [0.717, 1.165) is 5.57 Å². The Balaban J connectivity index is 0. The van der Waals surface area contributed by atoms with Gasteiger partial charge in [-0.15, -0.1) is 0 Å². The van der Waals surface area contributed by atoms with E-state index in [-0.39, 0.29) is 1.43 Å². The zero-order valence-corrected chi connectivity index (χ0v) is 12.8. The van der Waals surface area contributed by atoms with Gasteiger partial charge in [-0.25, -0.2) is 0 Å². The predicted molar refractivity (Wildman–Crippen MR) is 100 cm³/mol. The maximum Gasteiger partial charge on any atom is 0 e. The molecular formula is C21H26. The lowest BCUT2D eigenvalue weighted by molar-refractivity contribution is 1.58. The Morgan fingerprint density at radius 2 is 1.05 bits per heavy atom. The Bertz CT molecular complexity index is 495. The summed E-state index contributed by atoms with van der Waals surface area (Å²) in [5.74, 6) is 0. The molecule has 110 valence electrons. The molecular weight excluding hydrogens is 252 g/mol. The molecule has 0 radical (unpaired) electrons. The first-order valence-corrected chi connectivity index (χ1v) is 6.77. The fraction of sp³-hybridized carbons (Fsp3) is 0.0476. The Labute approximate surface area is 131 Å². The van der Waals surface area contributed by atoms with Crippen LogP contribution >= 0.6 is 0 Å². The first-order valence-electron chi connectivity index (χ1n) is 6.77. The number of hydrogen-bond donors (Lipinski definition) is 0. The van der Waals surface area contributed by atoms with Gasteiger partial charge in [-0.2, -0.15) is 0 Å². The molecule has 2 aromatic carbocycles. The van der Waals surface area contributed by atoms with E-state index in [1.54, 1.807) is 6.08 Å². The van der Waals surface area contributed by atoms with Crippen molar-refractivity contribution in [3.63, 3.8) is 0 Å². The Kier molecular flexibility index (Phi) is 10.9. The molecule has 0 aromatic heterocycles. The minimum Gasteiger partial charge on any atom is -0.0988 e. The predicted octanol–water partition coefficient (Wildman–Crippen LogP) is 6.65. The summed E-state index contributed by atoms with van der Waals surface area (Å²) < 4.78 is 0. The average Bonchev–Trinajstić information content (AvgIpc) is 2.57. The van der Waals surface area contributed by atoms with Crippen molar-refractivity contribution in [3.05, 3.63) is 110 Å². The maximum absolute atomic E-state index is 3.63. The summed E-state index contributed by atoms with van der Waals surface area (Å²) in [7, 11) is 0. The zero-order valence-electron chi connectivity index (χ0n) is 12.8. The number of rotatable bonds is 3. The second-order valence-electron chi connectivity index (χ2n) is 4.28. The lowest BCUT2D eigenvalue weighted by Crippen LogP contribution is -1.63. The highest BCUT2D eigenvalue weighted by Crippen LogP contribution is 1.98. The van der Waals surface area contributed by atoms with Crippen LogP contribution in [0.15, 0.2) is 98.6 Å². The fourth-order valence-electron chi connectivity index (χ4n) is 1.18. The molecule has 0 spiro atoms. The number of allylic oxidation sites excluding steroid dienone is 2. The largest absolute Gasteiger partial charge is 0.0988 e. The van der Waals surface area contributed by atoms with Crippen LogP contribution < -0.4 is 0 Å². The van der Waals surface area contributed by atoms with Crippen LogP contribution in [0.4, 0.5) is 0 Å². The van der Waals surface area contributed by atoms with Gasteiger partial charge in [0.2, 0.25) is 0 Å². The molecule has 0 bridgehead atoms. The van der Waals surface area contributed by atoms with Gasteiger partial charge in [-0.1, -0.05) is 111 Å². The second-order valence-corrected chi connectivity index (χ2v) is 4.28. The van der Waals surface area contributed by atoms with Gasteiger partial charge in [0.15, 0.2) is 0 Å². The smallest absolute Gasteiger partial charge is 0 e. The molecule has 0 N–H and O–H groups in total. The molecule has 0 saturated heterocycles. The van der Waals surface area contributed by atoms with E-state index >= 15 is 0 Å². The highest BCUT2D eigenvalue weighted by Gasteiger charge is 1.76. The quantitative estimate of drug-likeness (QED) is 0.551. The van der Waals surface area contributed by atoms with Gasteiger partial charge in [0.25, 0.3) is 0 Å². The minimum atomic E-state index is 0. The van der Waals surface area contributed by atoms with Crippen LogP contribution in [0.1, 0.15) is 19.5 Å². The number of benzene rings is 2. The van der Waals surface area contributed by atoms with E-state index in [2.05, 4.69) is 26.3 Å². The fourth-order valence-corrected chi connectivity index (χ4v) is 1.18. The van der Waals surface area contributed by atoms with Crippen molar-refractivity contribution in [2.24, 2.45) is 0 Å². The van der Waals surface area contributed by atoms with Crippen molar-refractivity contribution in [1.29, 1.82) is 0 Å². The molecule has 0 fully saturated rings. The Morgan fingerprint density at radius 1 is 0.762 bits per heavy atom. The van der Waals surface area contributed by atoms with Crippen molar-refractivity contribution >= 4 is 12.2 Å². The topological polar surface area (TPSA) is 0 Å². The van der Waals surface area contributed by atoms with Gasteiger partial charge >= 0.3 is 0 Å². The molecule has 0 aliphatic heterocycles. The summed E-state index contributed by atoms with van der Waals surface area (Å²) in [5, 5.41) is 0. The molecule has 0 aliphatic carbocycles. The zero-order chi connectivity index (χ0) is 15.9. The summed E-state index contributed by atoms with van der Waals surface area (Å²) in [6.45, 7) is 16.2. The summed E-state index contributed by atoms with van der Waals surface area (Å²) in [6.07, 6.45) is 5.39. The van der Waals surface area contributed by atoms with Crippen molar-refractivity contribution in [2.45, 2.75) is 6.92 Å². The monoisotopic (exact) mass is 278 g/mol. The molecule has 2 rings (SSSR count). The van der Waals surface area contributed by atoms with Gasteiger partial charge in [-0.3, -0.25) is 0 Å². The van der Waals surface area contributed by atoms with Gasteiger partial charge in [0, 0.05) is 1.43 Å². The lowest BCUT2D eigenvalue weighted by atomic mass is 10.2. The van der Waals surface area contributed by atoms with Gasteiger partial charge in [0.1, 0.15) is 0 Å². The van der Waals surface area contributed by atoms with E-state index in [0.29, 0.717) is 0 Å². The molecule has 2 aromatic rings. The standard InChI is InChI=1S/2C8H8.C5H8.H2/c2*1-2-8-6-4-3-5-7-8;1-4-5(2)3;/h2*2-7H,1H2;4H,1-2H2,3H3;1H. The third kappa shape index (κ3) is 11.0. The van der Waals surface area contributed by atoms with Crippen LogP contribution in [0.3, 0.4) is 0 Å². The second kappa shape index (κ2) is 12.4. The van der Waals surface area contributed by atoms with Gasteiger partial charge < -0.3 is 0 Å². The summed E-state index contributed by atoms with van der Waals surface area (Å²) >= 11 is 0. The molecule has 21 heavy (non-hydrogen) atoms. The highest BCUT2D eigenvalue weighted by atomic mass is 13.8. The molecule has 0 heteroatoms. The summed E-state index contributed by atoms with van der Waals surface area (Å²) in [4.78, 5) is 0. The third-order valence-corrected chi connectivity index (χ3v) is 2.42. The van der Waals surface area contributed by atoms with E-state index in [1.165, 1.54) is 11.1 Å². The van der Waals surface area contributed by atoms with E-state index < -0.39 is 0 Å². The van der Waals surface area contributed by atoms with Crippen LogP contribution in [0.2, 0.25) is 0 Å². The summed E-state index contributed by atoms with van der Waals surface area (Å²) in [6, 6.07) is 20.1. The highest BCUT2D eigenvalue weighted by molar-refractivity contribution is 5.46. The lowest BCUT2D eigenvalue weighted by Gasteiger charge is -1.85. The summed E-state index contributed by atoms with van der Waals surface area (Å²) in [5.41, 5.74) is 3.37. The van der Waals surface area contributed by atoms with Gasteiger partial charge in [-0.05, 0) is 18.1 Å². The molecule has 0 aliphatic rings. The van der Waals surface area contributed by atoms with Crippen molar-refractivity contribution < 1.29 is 1.43 Å². The molecule has 0 nitrogen and oxygen atoms in total. The van der Waals surface area contributed by atoms with Crippen LogP contribution in [0, 0.1) is 0 Å². The van der Waals surface area contributed by atoms with E-state index in [1.807, 2.05) is 79.7 Å². The van der Waals surface area contributed by atoms with Crippen molar-refractivity contribution in [2.75, 3.05) is 0 Å². The SMILES string of the molecule is C=CC(=C)C.C=Cc1ccccc1.C=Cc1ccccc1.[HH]. The molecule has 0 saturated carbocycles. The first kappa shape index (κ1) is 18.4. The number of hydrogen-bond acceptors (Lipinski definition) is 0. The third-order valence-electron chi connectivity index (χ3n) is 2.42. The molecule has 0 heterocycles. The normalized spacial score (nSPS) is 8.05. The van der Waals surface area contributed by atoms with Crippen LogP contribution in [-0.4, -0.2) is 0 Å². The first-order chi connectivity index (χ1) is 10.1. The maximum atomic E-state index is 3.63. The van der Waals surface area contributed by atoms with Crippen molar-refractivity contribution in [3.8, 4) is 0 Å². The minimum absolute atomic E-state index is 0. The van der Waals surface area contributed by atoms with Crippen LogP contribution in [0.5, 0.6) is 0 Å². The molecule has 0 amide bonds. The Hall–Kier alpha value is -2.60. The average molecular weight is 278 g/mol. The van der Waals surface area contributed by atoms with E-state index in [4.69, 9.17) is 0 Å². The van der Waals surface area contributed by atoms with Crippen molar-refractivity contribution in [1.82, 2.24) is 0 Å². The Morgan fingerprint density at radius 3 is 1.19 bits per heavy atom. The molecule has 0 atom stereocenters. The van der Waals surface area contributed by atoms with E-state index in [9.17, 15) is 0 Å².